The molecule has 1 aliphatic rings. The van der Waals surface area contributed by atoms with Crippen LogP contribution in [0, 0.1) is 11.3 Å². The quantitative estimate of drug-likeness (QED) is 0.939. The second-order valence-electron chi connectivity index (χ2n) is 5.29. The lowest BCUT2D eigenvalue weighted by Crippen LogP contribution is -2.54. The van der Waals surface area contributed by atoms with E-state index in [1.807, 2.05) is 24.3 Å². The van der Waals surface area contributed by atoms with Gasteiger partial charge in [0.25, 0.3) is 5.91 Å². The monoisotopic (exact) mass is 318 g/mol. The van der Waals surface area contributed by atoms with Crippen LogP contribution in [-0.4, -0.2) is 17.5 Å². The SMILES string of the molecule is CC(=O)C1=NC(c2ccccc2)C(=O)N(c2ccc(C#N)cc2)N1. The van der Waals surface area contributed by atoms with Crippen molar-refractivity contribution in [3.05, 3.63) is 65.7 Å². The van der Waals surface area contributed by atoms with Gasteiger partial charge in [-0.05, 0) is 29.8 Å². The number of Topliss-reactive ketones (excluding diaryl/α,β-unsaturated/α-hetero) is 1. The first-order valence-electron chi connectivity index (χ1n) is 7.34. The van der Waals surface area contributed by atoms with Gasteiger partial charge in [-0.3, -0.25) is 15.0 Å². The predicted octanol–water partition coefficient (Wildman–Crippen LogP) is 2.14. The summed E-state index contributed by atoms with van der Waals surface area (Å²) < 4.78 is 0. The summed E-state index contributed by atoms with van der Waals surface area (Å²) in [6.45, 7) is 1.39. The smallest absolute Gasteiger partial charge is 0.275 e. The third kappa shape index (κ3) is 2.88. The number of hydrazine groups is 1. The van der Waals surface area contributed by atoms with Gasteiger partial charge >= 0.3 is 0 Å². The Bertz CT molecular complexity index is 851. The Morgan fingerprint density at radius 2 is 1.83 bits per heavy atom. The summed E-state index contributed by atoms with van der Waals surface area (Å²) in [5, 5.41) is 10.2. The van der Waals surface area contributed by atoms with Crippen LogP contribution in [0.5, 0.6) is 0 Å². The van der Waals surface area contributed by atoms with Gasteiger partial charge in [-0.1, -0.05) is 30.3 Å². The highest BCUT2D eigenvalue weighted by Gasteiger charge is 2.33. The number of nitriles is 1. The van der Waals surface area contributed by atoms with Crippen LogP contribution in [-0.2, 0) is 9.59 Å². The topological polar surface area (TPSA) is 85.6 Å². The van der Waals surface area contributed by atoms with E-state index in [0.717, 1.165) is 0 Å². The second kappa shape index (κ2) is 6.34. The van der Waals surface area contributed by atoms with Crippen LogP contribution >= 0.6 is 0 Å². The van der Waals surface area contributed by atoms with Gasteiger partial charge in [0, 0.05) is 6.92 Å². The molecule has 2 aromatic carbocycles. The summed E-state index contributed by atoms with van der Waals surface area (Å²) in [5.41, 5.74) is 4.49. The summed E-state index contributed by atoms with van der Waals surface area (Å²) in [6.07, 6.45) is 0. The average Bonchev–Trinajstić information content (AvgIpc) is 2.62. The van der Waals surface area contributed by atoms with E-state index in [2.05, 4.69) is 10.4 Å². The van der Waals surface area contributed by atoms with E-state index in [-0.39, 0.29) is 17.5 Å². The summed E-state index contributed by atoms with van der Waals surface area (Å²) >= 11 is 0. The molecular formula is C18H14N4O2. The van der Waals surface area contributed by atoms with Crippen LogP contribution in [0.4, 0.5) is 5.69 Å². The maximum absolute atomic E-state index is 12.8. The molecule has 118 valence electrons. The van der Waals surface area contributed by atoms with Crippen molar-refractivity contribution >= 4 is 23.2 Å². The molecule has 0 aromatic heterocycles. The van der Waals surface area contributed by atoms with E-state index < -0.39 is 6.04 Å². The molecule has 2 aromatic rings. The average molecular weight is 318 g/mol. The summed E-state index contributed by atoms with van der Waals surface area (Å²) in [4.78, 5) is 28.9. The van der Waals surface area contributed by atoms with Crippen LogP contribution in [0.3, 0.4) is 0 Å². The number of hydrogen-bond donors (Lipinski definition) is 1. The van der Waals surface area contributed by atoms with Gasteiger partial charge < -0.3 is 0 Å². The second-order valence-corrected chi connectivity index (χ2v) is 5.29. The fourth-order valence-corrected chi connectivity index (χ4v) is 2.40. The molecule has 0 spiro atoms. The lowest BCUT2D eigenvalue weighted by atomic mass is 10.1. The Morgan fingerprint density at radius 1 is 1.17 bits per heavy atom. The highest BCUT2D eigenvalue weighted by Crippen LogP contribution is 2.26. The summed E-state index contributed by atoms with van der Waals surface area (Å²) in [7, 11) is 0. The molecule has 1 heterocycles. The minimum Gasteiger partial charge on any atom is -0.291 e. The maximum atomic E-state index is 12.8. The Hall–Kier alpha value is -3.46. The highest BCUT2D eigenvalue weighted by molar-refractivity contribution is 6.39. The molecule has 1 amide bonds. The number of amides is 1. The van der Waals surface area contributed by atoms with Crippen molar-refractivity contribution < 1.29 is 9.59 Å². The fraction of sp³-hybridized carbons (Fsp3) is 0.111. The lowest BCUT2D eigenvalue weighted by molar-refractivity contribution is -0.120. The van der Waals surface area contributed by atoms with Crippen molar-refractivity contribution in [2.24, 2.45) is 4.99 Å². The van der Waals surface area contributed by atoms with Gasteiger partial charge in [0.2, 0.25) is 0 Å². The molecule has 0 radical (unpaired) electrons. The van der Waals surface area contributed by atoms with Gasteiger partial charge in [0.05, 0.1) is 17.3 Å². The maximum Gasteiger partial charge on any atom is 0.275 e. The number of carbonyl (C=O) groups is 2. The first-order valence-corrected chi connectivity index (χ1v) is 7.34. The Balaban J connectivity index is 2.02. The molecule has 0 saturated carbocycles. The number of ketones is 1. The normalized spacial score (nSPS) is 16.8. The molecule has 0 aliphatic carbocycles. The van der Waals surface area contributed by atoms with E-state index in [9.17, 15) is 9.59 Å². The standard InChI is InChI=1S/C18H14N4O2/c1-12(23)17-20-16(14-5-3-2-4-6-14)18(24)22(21-17)15-9-7-13(11-19)8-10-15/h2-10,16H,1H3,(H,20,21). The van der Waals surface area contributed by atoms with E-state index in [4.69, 9.17) is 5.26 Å². The van der Waals surface area contributed by atoms with Crippen molar-refractivity contribution in [3.63, 3.8) is 0 Å². The first-order chi connectivity index (χ1) is 11.6. The molecule has 6 nitrogen and oxygen atoms in total. The zero-order chi connectivity index (χ0) is 17.1. The number of rotatable bonds is 3. The molecule has 24 heavy (non-hydrogen) atoms. The molecule has 0 fully saturated rings. The largest absolute Gasteiger partial charge is 0.291 e. The van der Waals surface area contributed by atoms with Crippen molar-refractivity contribution in [3.8, 4) is 6.07 Å². The van der Waals surface area contributed by atoms with E-state index in [1.165, 1.54) is 11.9 Å². The number of carbonyl (C=O) groups excluding carboxylic acids is 2. The minimum absolute atomic E-state index is 0.118. The summed E-state index contributed by atoms with van der Waals surface area (Å²) in [5.74, 6) is -0.439. The minimum atomic E-state index is -0.790. The highest BCUT2D eigenvalue weighted by atomic mass is 16.2. The van der Waals surface area contributed by atoms with Crippen molar-refractivity contribution in [1.82, 2.24) is 5.43 Å². The van der Waals surface area contributed by atoms with Crippen LogP contribution in [0.2, 0.25) is 0 Å². The fourth-order valence-electron chi connectivity index (χ4n) is 2.40. The Labute approximate surface area is 139 Å². The number of benzene rings is 2. The van der Waals surface area contributed by atoms with Gasteiger partial charge in [-0.25, -0.2) is 10.0 Å². The molecule has 1 unspecified atom stereocenters. The number of amidine groups is 1. The van der Waals surface area contributed by atoms with E-state index in [1.54, 1.807) is 36.4 Å². The molecule has 1 aliphatic heterocycles. The number of aliphatic imine (C=N–C) groups is 1. The van der Waals surface area contributed by atoms with Crippen LogP contribution < -0.4 is 10.4 Å². The molecule has 1 atom stereocenters. The molecule has 0 bridgehead atoms. The lowest BCUT2D eigenvalue weighted by Gasteiger charge is -2.31. The number of anilines is 1. The van der Waals surface area contributed by atoms with Crippen LogP contribution in [0.25, 0.3) is 0 Å². The zero-order valence-corrected chi connectivity index (χ0v) is 12.9. The molecular weight excluding hydrogens is 304 g/mol. The zero-order valence-electron chi connectivity index (χ0n) is 12.9. The van der Waals surface area contributed by atoms with Crippen molar-refractivity contribution in [1.29, 1.82) is 5.26 Å². The van der Waals surface area contributed by atoms with Gasteiger partial charge in [-0.2, -0.15) is 5.26 Å². The van der Waals surface area contributed by atoms with Crippen molar-refractivity contribution in [2.75, 3.05) is 5.01 Å². The first kappa shape index (κ1) is 15.4. The van der Waals surface area contributed by atoms with Gasteiger partial charge in [-0.15, -0.1) is 0 Å². The number of nitrogens with one attached hydrogen (secondary N) is 1. The van der Waals surface area contributed by atoms with E-state index in [0.29, 0.717) is 16.8 Å². The molecule has 3 rings (SSSR count). The summed E-state index contributed by atoms with van der Waals surface area (Å²) in [6, 6.07) is 16.8. The van der Waals surface area contributed by atoms with Crippen molar-refractivity contribution in [2.45, 2.75) is 13.0 Å². The van der Waals surface area contributed by atoms with Gasteiger partial charge in [0.15, 0.2) is 17.7 Å². The third-order valence-corrected chi connectivity index (χ3v) is 3.63. The molecule has 0 saturated heterocycles. The predicted molar refractivity (Wildman–Crippen MR) is 89.1 cm³/mol. The number of nitrogens with zero attached hydrogens (tertiary/aromatic N) is 3. The third-order valence-electron chi connectivity index (χ3n) is 3.63. The van der Waals surface area contributed by atoms with E-state index >= 15 is 0 Å². The van der Waals surface area contributed by atoms with Gasteiger partial charge in [0.1, 0.15) is 0 Å². The van der Waals surface area contributed by atoms with Crippen LogP contribution in [0.1, 0.15) is 24.1 Å². The van der Waals surface area contributed by atoms with Crippen LogP contribution in [0.15, 0.2) is 59.6 Å². The number of hydrogen-bond acceptors (Lipinski definition) is 5. The Kier molecular flexibility index (Phi) is 4.08. The molecule has 1 N–H and O–H groups in total. The Morgan fingerprint density at radius 3 is 2.42 bits per heavy atom. The molecule has 6 heteroatoms.